The Morgan fingerprint density at radius 1 is 1.04 bits per heavy atom. The molecule has 0 bridgehead atoms. The summed E-state index contributed by atoms with van der Waals surface area (Å²) in [6, 6.07) is 14.1. The molecule has 0 heterocycles. The van der Waals surface area contributed by atoms with Crippen molar-refractivity contribution in [3.8, 4) is 0 Å². The fourth-order valence-electron chi connectivity index (χ4n) is 2.50. The van der Waals surface area contributed by atoms with Crippen LogP contribution < -0.4 is 10.6 Å². The van der Waals surface area contributed by atoms with Crippen LogP contribution in [0.25, 0.3) is 0 Å². The van der Waals surface area contributed by atoms with Crippen LogP contribution in [-0.4, -0.2) is 31.7 Å². The van der Waals surface area contributed by atoms with Gasteiger partial charge in [0.2, 0.25) is 11.8 Å². The van der Waals surface area contributed by atoms with Gasteiger partial charge in [0.05, 0.1) is 16.5 Å². The predicted octanol–water partition coefficient (Wildman–Crippen LogP) is 3.28. The van der Waals surface area contributed by atoms with E-state index in [1.807, 2.05) is 30.3 Å². The fraction of sp³-hybridized carbons (Fsp3) is 0.263. The van der Waals surface area contributed by atoms with E-state index < -0.39 is 21.5 Å². The highest BCUT2D eigenvalue weighted by Crippen LogP contribution is 2.25. The molecule has 0 aliphatic carbocycles. The quantitative estimate of drug-likeness (QED) is 0.701. The van der Waals surface area contributed by atoms with Gasteiger partial charge in [0, 0.05) is 12.6 Å². The average Bonchev–Trinajstić information content (AvgIpc) is 2.57. The highest BCUT2D eigenvalue weighted by Gasteiger charge is 2.17. The molecule has 0 fully saturated rings. The zero-order valence-electron chi connectivity index (χ0n) is 14.9. The lowest BCUT2D eigenvalue weighted by Gasteiger charge is -2.10. The molecule has 0 aliphatic heterocycles. The van der Waals surface area contributed by atoms with Crippen molar-refractivity contribution >= 4 is 44.6 Å². The Labute approximate surface area is 163 Å². The summed E-state index contributed by atoms with van der Waals surface area (Å²) in [7, 11) is -3.52. The second kappa shape index (κ2) is 9.53. The standard InChI is InChI=1S/C19H21ClN2O4S/c1-14(23)21-16-9-10-18(17(20)12-16)22-19(24)13-27(25,26)11-5-8-15-6-3-2-4-7-15/h2-4,6-7,9-10,12H,5,8,11,13H2,1H3,(H,21,23)(H,22,24). The van der Waals surface area contributed by atoms with Gasteiger partial charge < -0.3 is 10.6 Å². The largest absolute Gasteiger partial charge is 0.326 e. The topological polar surface area (TPSA) is 92.3 Å². The molecular formula is C19H21ClN2O4S. The number of amides is 2. The Balaban J connectivity index is 1.87. The first kappa shape index (κ1) is 20.9. The highest BCUT2D eigenvalue weighted by atomic mass is 35.5. The van der Waals surface area contributed by atoms with Gasteiger partial charge in [-0.25, -0.2) is 8.42 Å². The fourth-order valence-corrected chi connectivity index (χ4v) is 3.92. The number of rotatable bonds is 8. The molecule has 8 heteroatoms. The highest BCUT2D eigenvalue weighted by molar-refractivity contribution is 7.92. The van der Waals surface area contributed by atoms with Gasteiger partial charge in [-0.05, 0) is 36.6 Å². The Bertz CT molecular complexity index is 915. The number of benzene rings is 2. The maximum atomic E-state index is 12.1. The van der Waals surface area contributed by atoms with Crippen molar-refractivity contribution in [1.29, 1.82) is 0 Å². The van der Waals surface area contributed by atoms with Crippen LogP contribution in [0.3, 0.4) is 0 Å². The number of sulfone groups is 1. The molecule has 2 rings (SSSR count). The van der Waals surface area contributed by atoms with Crippen LogP contribution in [0.5, 0.6) is 0 Å². The number of carbonyl (C=O) groups excluding carboxylic acids is 2. The predicted molar refractivity (Wildman–Crippen MR) is 108 cm³/mol. The third kappa shape index (κ3) is 7.40. The van der Waals surface area contributed by atoms with Crippen molar-refractivity contribution in [2.75, 3.05) is 22.1 Å². The van der Waals surface area contributed by atoms with Gasteiger partial charge in [0.25, 0.3) is 0 Å². The van der Waals surface area contributed by atoms with Gasteiger partial charge in [0.1, 0.15) is 5.75 Å². The second-order valence-corrected chi connectivity index (χ2v) is 8.70. The lowest BCUT2D eigenvalue weighted by Crippen LogP contribution is -2.25. The van der Waals surface area contributed by atoms with E-state index in [2.05, 4.69) is 10.6 Å². The second-order valence-electron chi connectivity index (χ2n) is 6.11. The summed E-state index contributed by atoms with van der Waals surface area (Å²) in [5, 5.41) is 5.27. The van der Waals surface area contributed by atoms with Crippen molar-refractivity contribution in [2.24, 2.45) is 0 Å². The summed E-state index contributed by atoms with van der Waals surface area (Å²) in [6.07, 6.45) is 1.09. The van der Waals surface area contributed by atoms with E-state index >= 15 is 0 Å². The summed E-state index contributed by atoms with van der Waals surface area (Å²) in [5.41, 5.74) is 1.83. The Kier molecular flexibility index (Phi) is 7.38. The molecule has 0 unspecified atom stereocenters. The molecule has 0 aliphatic rings. The van der Waals surface area contributed by atoms with Crippen molar-refractivity contribution < 1.29 is 18.0 Å². The summed E-state index contributed by atoms with van der Waals surface area (Å²) in [5.74, 6) is -1.57. The van der Waals surface area contributed by atoms with E-state index in [1.54, 1.807) is 6.07 Å². The molecule has 2 aromatic carbocycles. The first-order valence-corrected chi connectivity index (χ1v) is 10.6. The van der Waals surface area contributed by atoms with Gasteiger partial charge >= 0.3 is 0 Å². The van der Waals surface area contributed by atoms with Gasteiger partial charge in [0.15, 0.2) is 9.84 Å². The number of aryl methyl sites for hydroxylation is 1. The molecule has 27 heavy (non-hydrogen) atoms. The minimum Gasteiger partial charge on any atom is -0.326 e. The minimum absolute atomic E-state index is 0.0650. The van der Waals surface area contributed by atoms with Crippen molar-refractivity contribution in [1.82, 2.24) is 0 Å². The number of hydrogen-bond acceptors (Lipinski definition) is 4. The Morgan fingerprint density at radius 2 is 1.74 bits per heavy atom. The number of halogens is 1. The van der Waals surface area contributed by atoms with Crippen LogP contribution in [-0.2, 0) is 25.8 Å². The average molecular weight is 409 g/mol. The van der Waals surface area contributed by atoms with Crippen molar-refractivity contribution in [3.63, 3.8) is 0 Å². The molecular weight excluding hydrogens is 388 g/mol. The van der Waals surface area contributed by atoms with Crippen molar-refractivity contribution in [2.45, 2.75) is 19.8 Å². The molecule has 2 amide bonds. The molecule has 0 saturated heterocycles. The molecule has 0 atom stereocenters. The third-order valence-electron chi connectivity index (χ3n) is 3.68. The van der Waals surface area contributed by atoms with Gasteiger partial charge in [-0.15, -0.1) is 0 Å². The van der Waals surface area contributed by atoms with E-state index in [0.29, 0.717) is 18.5 Å². The summed E-state index contributed by atoms with van der Waals surface area (Å²) in [6.45, 7) is 1.37. The van der Waals surface area contributed by atoms with Crippen LogP contribution in [0, 0.1) is 0 Å². The molecule has 0 radical (unpaired) electrons. The number of anilines is 2. The van der Waals surface area contributed by atoms with Crippen molar-refractivity contribution in [3.05, 3.63) is 59.1 Å². The minimum atomic E-state index is -3.52. The summed E-state index contributed by atoms with van der Waals surface area (Å²) >= 11 is 6.06. The zero-order valence-corrected chi connectivity index (χ0v) is 16.4. The van der Waals surface area contributed by atoms with Crippen LogP contribution in [0.15, 0.2) is 48.5 Å². The Morgan fingerprint density at radius 3 is 2.37 bits per heavy atom. The Hall–Kier alpha value is -2.38. The number of nitrogens with one attached hydrogen (secondary N) is 2. The normalized spacial score (nSPS) is 11.0. The number of carbonyl (C=O) groups is 2. The molecule has 2 N–H and O–H groups in total. The zero-order chi connectivity index (χ0) is 19.9. The van der Waals surface area contributed by atoms with E-state index in [9.17, 15) is 18.0 Å². The lowest BCUT2D eigenvalue weighted by molar-refractivity contribution is -0.114. The van der Waals surface area contributed by atoms with Gasteiger partial charge in [-0.1, -0.05) is 41.9 Å². The lowest BCUT2D eigenvalue weighted by atomic mass is 10.1. The summed E-state index contributed by atoms with van der Waals surface area (Å²) in [4.78, 5) is 23.1. The molecule has 6 nitrogen and oxygen atoms in total. The molecule has 2 aromatic rings. The van der Waals surface area contributed by atoms with E-state index in [0.717, 1.165) is 5.56 Å². The molecule has 144 valence electrons. The third-order valence-corrected chi connectivity index (χ3v) is 5.60. The van der Waals surface area contributed by atoms with Crippen LogP contribution >= 0.6 is 11.6 Å². The van der Waals surface area contributed by atoms with Crippen LogP contribution in [0.2, 0.25) is 5.02 Å². The summed E-state index contributed by atoms with van der Waals surface area (Å²) < 4.78 is 24.3. The van der Waals surface area contributed by atoms with E-state index in [4.69, 9.17) is 11.6 Å². The molecule has 0 spiro atoms. The smallest absolute Gasteiger partial charge is 0.239 e. The molecule has 0 aromatic heterocycles. The van der Waals surface area contributed by atoms with E-state index in [1.165, 1.54) is 19.1 Å². The van der Waals surface area contributed by atoms with Gasteiger partial charge in [-0.3, -0.25) is 9.59 Å². The molecule has 0 saturated carbocycles. The van der Waals surface area contributed by atoms with Crippen LogP contribution in [0.1, 0.15) is 18.9 Å². The van der Waals surface area contributed by atoms with Crippen LogP contribution in [0.4, 0.5) is 11.4 Å². The monoisotopic (exact) mass is 408 g/mol. The SMILES string of the molecule is CC(=O)Nc1ccc(NC(=O)CS(=O)(=O)CCCc2ccccc2)c(Cl)c1. The number of hydrogen-bond donors (Lipinski definition) is 2. The first-order chi connectivity index (χ1) is 12.7. The van der Waals surface area contributed by atoms with Gasteiger partial charge in [-0.2, -0.15) is 0 Å². The maximum Gasteiger partial charge on any atom is 0.239 e. The maximum absolute atomic E-state index is 12.1. The first-order valence-electron chi connectivity index (χ1n) is 8.36. The van der Waals surface area contributed by atoms with E-state index in [-0.39, 0.29) is 22.4 Å².